The van der Waals surface area contributed by atoms with Gasteiger partial charge in [-0.1, -0.05) is 13.0 Å². The van der Waals surface area contributed by atoms with E-state index in [-0.39, 0.29) is 0 Å². The highest BCUT2D eigenvalue weighted by Crippen LogP contribution is 2.15. The van der Waals surface area contributed by atoms with Gasteiger partial charge in [-0.2, -0.15) is 5.26 Å². The molecular formula is C13H14N4. The lowest BCUT2D eigenvalue weighted by molar-refractivity contribution is 0.726. The van der Waals surface area contributed by atoms with Crippen LogP contribution < -0.4 is 5.32 Å². The Bertz CT molecular complexity index is 523. The average molecular weight is 226 g/mol. The fraction of sp³-hybridized carbons (Fsp3) is 0.231. The van der Waals surface area contributed by atoms with E-state index in [0.717, 1.165) is 24.3 Å². The van der Waals surface area contributed by atoms with Crippen molar-refractivity contribution < 1.29 is 0 Å². The van der Waals surface area contributed by atoms with Crippen LogP contribution in [0.2, 0.25) is 0 Å². The second-order valence-corrected chi connectivity index (χ2v) is 3.71. The highest BCUT2D eigenvalue weighted by atomic mass is 15.0. The van der Waals surface area contributed by atoms with Crippen LogP contribution in [0.1, 0.15) is 18.1 Å². The molecule has 0 atom stereocenters. The first kappa shape index (κ1) is 11.4. The Morgan fingerprint density at radius 3 is 3.00 bits per heavy atom. The lowest BCUT2D eigenvalue weighted by atomic mass is 10.1. The van der Waals surface area contributed by atoms with Crippen molar-refractivity contribution in [3.63, 3.8) is 0 Å². The molecule has 4 nitrogen and oxygen atoms in total. The predicted molar refractivity (Wildman–Crippen MR) is 65.7 cm³/mol. The van der Waals surface area contributed by atoms with Gasteiger partial charge in [0.1, 0.15) is 6.07 Å². The molecule has 0 radical (unpaired) electrons. The molecule has 0 spiro atoms. The molecule has 2 aromatic rings. The molecule has 1 heterocycles. The number of nitriles is 1. The maximum atomic E-state index is 9.16. The molecular weight excluding hydrogens is 212 g/mol. The van der Waals surface area contributed by atoms with E-state index in [1.807, 2.05) is 29.0 Å². The molecule has 1 N–H and O–H groups in total. The van der Waals surface area contributed by atoms with Crippen LogP contribution in [-0.2, 0) is 6.54 Å². The quantitative estimate of drug-likeness (QED) is 0.865. The summed E-state index contributed by atoms with van der Waals surface area (Å²) >= 11 is 0. The summed E-state index contributed by atoms with van der Waals surface area (Å²) in [5.74, 6) is 0. The van der Waals surface area contributed by atoms with Crippen LogP contribution in [0.5, 0.6) is 0 Å². The van der Waals surface area contributed by atoms with Gasteiger partial charge in [-0.3, -0.25) is 0 Å². The molecule has 86 valence electrons. The molecule has 0 aliphatic carbocycles. The number of imidazole rings is 1. The zero-order chi connectivity index (χ0) is 12.1. The molecule has 1 aromatic carbocycles. The smallest absolute Gasteiger partial charge is 0.101 e. The minimum Gasteiger partial charge on any atom is -0.313 e. The van der Waals surface area contributed by atoms with E-state index < -0.39 is 0 Å². The molecule has 0 fully saturated rings. The van der Waals surface area contributed by atoms with Crippen molar-refractivity contribution in [1.29, 1.82) is 5.26 Å². The van der Waals surface area contributed by atoms with Crippen molar-refractivity contribution in [2.75, 3.05) is 6.54 Å². The van der Waals surface area contributed by atoms with Gasteiger partial charge in [0, 0.05) is 18.9 Å². The fourth-order valence-corrected chi connectivity index (χ4v) is 1.68. The van der Waals surface area contributed by atoms with Crippen LogP contribution in [0, 0.1) is 11.3 Å². The standard InChI is InChI=1S/C13H14N4/c1-2-15-9-11-3-4-13(12(7-11)8-14)17-6-5-16-10-17/h3-7,10,15H,2,9H2,1H3. The summed E-state index contributed by atoms with van der Waals surface area (Å²) in [5.41, 5.74) is 2.65. The van der Waals surface area contributed by atoms with Crippen LogP contribution in [0.15, 0.2) is 36.9 Å². The first-order valence-corrected chi connectivity index (χ1v) is 5.57. The zero-order valence-electron chi connectivity index (χ0n) is 9.72. The molecule has 0 saturated heterocycles. The van der Waals surface area contributed by atoms with Crippen molar-refractivity contribution in [2.24, 2.45) is 0 Å². The maximum absolute atomic E-state index is 9.16. The topological polar surface area (TPSA) is 53.6 Å². The monoisotopic (exact) mass is 226 g/mol. The highest BCUT2D eigenvalue weighted by molar-refractivity contribution is 5.50. The fourth-order valence-electron chi connectivity index (χ4n) is 1.68. The zero-order valence-corrected chi connectivity index (χ0v) is 9.72. The lowest BCUT2D eigenvalue weighted by Gasteiger charge is -2.07. The normalized spacial score (nSPS) is 10.1. The van der Waals surface area contributed by atoms with E-state index in [4.69, 9.17) is 5.26 Å². The Morgan fingerprint density at radius 1 is 1.47 bits per heavy atom. The average Bonchev–Trinajstić information content (AvgIpc) is 2.89. The first-order chi connectivity index (χ1) is 8.35. The number of hydrogen-bond acceptors (Lipinski definition) is 3. The minimum absolute atomic E-state index is 0.665. The third-order valence-electron chi connectivity index (χ3n) is 2.54. The van der Waals surface area contributed by atoms with E-state index in [9.17, 15) is 0 Å². The summed E-state index contributed by atoms with van der Waals surface area (Å²) in [4.78, 5) is 3.99. The Hall–Kier alpha value is -2.12. The predicted octanol–water partition coefficient (Wildman–Crippen LogP) is 1.85. The van der Waals surface area contributed by atoms with Crippen LogP contribution in [0.3, 0.4) is 0 Å². The summed E-state index contributed by atoms with van der Waals surface area (Å²) in [6, 6.07) is 8.12. The summed E-state index contributed by atoms with van der Waals surface area (Å²) in [7, 11) is 0. The Morgan fingerprint density at radius 2 is 2.35 bits per heavy atom. The molecule has 0 aliphatic rings. The van der Waals surface area contributed by atoms with Gasteiger partial charge in [-0.25, -0.2) is 4.98 Å². The van der Waals surface area contributed by atoms with E-state index in [1.54, 1.807) is 12.5 Å². The van der Waals surface area contributed by atoms with Crippen LogP contribution in [0.4, 0.5) is 0 Å². The third kappa shape index (κ3) is 2.52. The molecule has 2 rings (SSSR count). The summed E-state index contributed by atoms with van der Waals surface area (Å²) < 4.78 is 1.84. The Balaban J connectivity index is 2.33. The third-order valence-corrected chi connectivity index (χ3v) is 2.54. The highest BCUT2D eigenvalue weighted by Gasteiger charge is 2.04. The van der Waals surface area contributed by atoms with Crippen LogP contribution in [-0.4, -0.2) is 16.1 Å². The summed E-state index contributed by atoms with van der Waals surface area (Å²) in [6.45, 7) is 3.77. The van der Waals surface area contributed by atoms with Gasteiger partial charge < -0.3 is 9.88 Å². The van der Waals surface area contributed by atoms with Crippen LogP contribution in [0.25, 0.3) is 5.69 Å². The van der Waals surface area contributed by atoms with Gasteiger partial charge in [0.2, 0.25) is 0 Å². The van der Waals surface area contributed by atoms with E-state index in [2.05, 4.69) is 23.3 Å². The number of hydrogen-bond donors (Lipinski definition) is 1. The molecule has 1 aromatic heterocycles. The van der Waals surface area contributed by atoms with Gasteiger partial charge in [-0.05, 0) is 24.2 Å². The van der Waals surface area contributed by atoms with Gasteiger partial charge >= 0.3 is 0 Å². The number of rotatable bonds is 4. The molecule has 0 bridgehead atoms. The maximum Gasteiger partial charge on any atom is 0.101 e. The van der Waals surface area contributed by atoms with E-state index in [0.29, 0.717) is 5.56 Å². The van der Waals surface area contributed by atoms with Gasteiger partial charge in [0.25, 0.3) is 0 Å². The molecule has 0 aliphatic heterocycles. The van der Waals surface area contributed by atoms with Crippen molar-refractivity contribution >= 4 is 0 Å². The van der Waals surface area contributed by atoms with Crippen molar-refractivity contribution in [1.82, 2.24) is 14.9 Å². The number of benzene rings is 1. The Kier molecular flexibility index (Phi) is 3.53. The van der Waals surface area contributed by atoms with Gasteiger partial charge in [-0.15, -0.1) is 0 Å². The molecule has 0 amide bonds. The van der Waals surface area contributed by atoms with E-state index >= 15 is 0 Å². The number of nitrogens with one attached hydrogen (secondary N) is 1. The number of nitrogens with zero attached hydrogens (tertiary/aromatic N) is 3. The largest absolute Gasteiger partial charge is 0.313 e. The van der Waals surface area contributed by atoms with E-state index in [1.165, 1.54) is 0 Å². The molecule has 17 heavy (non-hydrogen) atoms. The summed E-state index contributed by atoms with van der Waals surface area (Å²) in [5, 5.41) is 12.4. The minimum atomic E-state index is 0.665. The Labute approximate surface area is 101 Å². The second kappa shape index (κ2) is 5.28. The van der Waals surface area contributed by atoms with Gasteiger partial charge in [0.05, 0.1) is 17.6 Å². The SMILES string of the molecule is CCNCc1ccc(-n2ccnc2)c(C#N)c1. The van der Waals surface area contributed by atoms with Crippen molar-refractivity contribution in [3.8, 4) is 11.8 Å². The molecule has 4 heteroatoms. The first-order valence-electron chi connectivity index (χ1n) is 5.57. The molecule has 0 unspecified atom stereocenters. The van der Waals surface area contributed by atoms with Crippen molar-refractivity contribution in [2.45, 2.75) is 13.5 Å². The van der Waals surface area contributed by atoms with Gasteiger partial charge in [0.15, 0.2) is 0 Å². The molecule has 0 saturated carbocycles. The van der Waals surface area contributed by atoms with Crippen molar-refractivity contribution in [3.05, 3.63) is 48.0 Å². The van der Waals surface area contributed by atoms with Crippen LogP contribution >= 0.6 is 0 Å². The number of aromatic nitrogens is 2. The summed E-state index contributed by atoms with van der Waals surface area (Å²) in [6.07, 6.45) is 5.23. The lowest BCUT2D eigenvalue weighted by Crippen LogP contribution is -2.12. The second-order valence-electron chi connectivity index (χ2n) is 3.71.